The zero-order valence-electron chi connectivity index (χ0n) is 13.6. The quantitative estimate of drug-likeness (QED) is 0.900. The van der Waals surface area contributed by atoms with E-state index in [0.717, 1.165) is 12.2 Å². The number of ether oxygens (including phenoxy) is 1. The minimum absolute atomic E-state index is 0.0273. The van der Waals surface area contributed by atoms with Crippen molar-refractivity contribution in [3.8, 4) is 0 Å². The van der Waals surface area contributed by atoms with Crippen LogP contribution in [0.3, 0.4) is 0 Å². The number of nitrogens with one attached hydrogen (secondary N) is 1. The van der Waals surface area contributed by atoms with Gasteiger partial charge < -0.3 is 10.1 Å². The van der Waals surface area contributed by atoms with Crippen LogP contribution in [-0.4, -0.2) is 58.4 Å². The van der Waals surface area contributed by atoms with Crippen molar-refractivity contribution >= 4 is 17.5 Å². The highest BCUT2D eigenvalue weighted by atomic mass is 35.5. The molecule has 7 nitrogen and oxygen atoms in total. The van der Waals surface area contributed by atoms with Crippen LogP contribution in [0.2, 0.25) is 5.02 Å². The topological polar surface area (TPSA) is 72.3 Å². The van der Waals surface area contributed by atoms with E-state index in [1.165, 1.54) is 6.20 Å². The third kappa shape index (κ3) is 3.43. The van der Waals surface area contributed by atoms with Gasteiger partial charge in [-0.25, -0.2) is 0 Å². The molecule has 0 spiro atoms. The van der Waals surface area contributed by atoms with E-state index >= 15 is 0 Å². The number of halogens is 1. The Bertz CT molecular complexity index is 720. The number of carbonyl (C=O) groups is 1. The molecule has 2 aromatic rings. The molecule has 0 saturated carbocycles. The van der Waals surface area contributed by atoms with Gasteiger partial charge in [-0.3, -0.25) is 19.4 Å². The molecule has 3 heterocycles. The fourth-order valence-electron chi connectivity index (χ4n) is 2.97. The van der Waals surface area contributed by atoms with Crippen molar-refractivity contribution in [2.45, 2.75) is 12.1 Å². The molecule has 0 unspecified atom stereocenters. The highest BCUT2D eigenvalue weighted by molar-refractivity contribution is 6.33. The molecule has 0 aromatic carbocycles. The Labute approximate surface area is 145 Å². The van der Waals surface area contributed by atoms with Gasteiger partial charge in [-0.2, -0.15) is 5.10 Å². The predicted molar refractivity (Wildman–Crippen MR) is 89.9 cm³/mol. The summed E-state index contributed by atoms with van der Waals surface area (Å²) in [6.07, 6.45) is 4.61. The lowest BCUT2D eigenvalue weighted by Crippen LogP contribution is -2.48. The Morgan fingerprint density at radius 3 is 2.96 bits per heavy atom. The van der Waals surface area contributed by atoms with Crippen molar-refractivity contribution in [3.63, 3.8) is 0 Å². The minimum atomic E-state index is -0.233. The van der Waals surface area contributed by atoms with E-state index in [2.05, 4.69) is 27.3 Å². The molecule has 2 atom stereocenters. The summed E-state index contributed by atoms with van der Waals surface area (Å²) in [7, 11) is 3.96. The average molecular weight is 350 g/mol. The Balaban J connectivity index is 1.72. The lowest BCUT2D eigenvalue weighted by Gasteiger charge is -2.39. The highest BCUT2D eigenvalue weighted by Crippen LogP contribution is 2.27. The normalized spacial score (nSPS) is 21.6. The average Bonchev–Trinajstić information content (AvgIpc) is 2.99. The van der Waals surface area contributed by atoms with Gasteiger partial charge in [-0.1, -0.05) is 11.6 Å². The van der Waals surface area contributed by atoms with Crippen LogP contribution in [0.15, 0.2) is 30.7 Å². The first-order valence-electron chi connectivity index (χ1n) is 7.75. The molecule has 3 rings (SSSR count). The van der Waals surface area contributed by atoms with Gasteiger partial charge in [-0.05, 0) is 19.2 Å². The fraction of sp³-hybridized carbons (Fsp3) is 0.438. The summed E-state index contributed by atoms with van der Waals surface area (Å²) in [6.45, 7) is 1.84. The number of hydrogen-bond acceptors (Lipinski definition) is 5. The maximum atomic E-state index is 12.3. The molecule has 128 valence electrons. The molecule has 1 fully saturated rings. The van der Waals surface area contributed by atoms with Crippen molar-refractivity contribution in [3.05, 3.63) is 47.0 Å². The van der Waals surface area contributed by atoms with Crippen LogP contribution in [0.25, 0.3) is 0 Å². The SMILES string of the molecule is CN1CCO[C@@H](CNC(=O)c2ccncc2Cl)[C@@H]1c1ccnn1C. The third-order valence-corrected chi connectivity index (χ3v) is 4.55. The van der Waals surface area contributed by atoms with E-state index in [0.29, 0.717) is 23.7 Å². The molecular formula is C16H20ClN5O2. The Morgan fingerprint density at radius 2 is 2.25 bits per heavy atom. The van der Waals surface area contributed by atoms with Gasteiger partial charge in [0.25, 0.3) is 5.91 Å². The van der Waals surface area contributed by atoms with E-state index in [1.54, 1.807) is 18.5 Å². The van der Waals surface area contributed by atoms with Gasteiger partial charge in [0.2, 0.25) is 0 Å². The number of morpholine rings is 1. The number of amides is 1. The number of aryl methyl sites for hydroxylation is 1. The standard InChI is InChI=1S/C16H20ClN5O2/c1-21-7-8-24-14(15(21)13-4-6-20-22(13)2)10-19-16(23)11-3-5-18-9-12(11)17/h3-6,9,14-15H,7-8,10H2,1-2H3,(H,19,23)/t14-,15-/m0/s1. The summed E-state index contributed by atoms with van der Waals surface area (Å²) >= 11 is 6.02. The summed E-state index contributed by atoms with van der Waals surface area (Å²) in [5, 5.41) is 7.48. The van der Waals surface area contributed by atoms with Crippen molar-refractivity contribution < 1.29 is 9.53 Å². The second-order valence-corrected chi connectivity index (χ2v) is 6.19. The number of aromatic nitrogens is 3. The van der Waals surface area contributed by atoms with Crippen LogP contribution < -0.4 is 5.32 Å². The maximum absolute atomic E-state index is 12.3. The van der Waals surface area contributed by atoms with E-state index in [4.69, 9.17) is 16.3 Å². The lowest BCUT2D eigenvalue weighted by molar-refractivity contribution is -0.0629. The molecule has 24 heavy (non-hydrogen) atoms. The van der Waals surface area contributed by atoms with E-state index < -0.39 is 0 Å². The molecule has 0 radical (unpaired) electrons. The van der Waals surface area contributed by atoms with E-state index in [1.807, 2.05) is 17.8 Å². The van der Waals surface area contributed by atoms with Gasteiger partial charge in [0.1, 0.15) is 0 Å². The molecule has 1 saturated heterocycles. The molecule has 1 aliphatic rings. The first-order chi connectivity index (χ1) is 11.6. The van der Waals surface area contributed by atoms with Crippen LogP contribution in [0.5, 0.6) is 0 Å². The monoisotopic (exact) mass is 349 g/mol. The molecule has 1 amide bonds. The van der Waals surface area contributed by atoms with Crippen LogP contribution in [0.4, 0.5) is 0 Å². The Kier molecular flexibility index (Phi) is 5.13. The number of hydrogen-bond donors (Lipinski definition) is 1. The number of nitrogens with zero attached hydrogens (tertiary/aromatic N) is 4. The fourth-order valence-corrected chi connectivity index (χ4v) is 3.18. The Morgan fingerprint density at radius 1 is 1.42 bits per heavy atom. The molecule has 0 aliphatic carbocycles. The molecule has 2 aromatic heterocycles. The lowest BCUT2D eigenvalue weighted by atomic mass is 10.0. The van der Waals surface area contributed by atoms with Gasteiger partial charge >= 0.3 is 0 Å². The maximum Gasteiger partial charge on any atom is 0.253 e. The first kappa shape index (κ1) is 16.9. The number of rotatable bonds is 4. The van der Waals surface area contributed by atoms with Gasteiger partial charge in [0.15, 0.2) is 0 Å². The molecular weight excluding hydrogens is 330 g/mol. The van der Waals surface area contributed by atoms with E-state index in [-0.39, 0.29) is 18.1 Å². The van der Waals surface area contributed by atoms with Crippen LogP contribution >= 0.6 is 11.6 Å². The molecule has 0 bridgehead atoms. The van der Waals surface area contributed by atoms with Crippen molar-refractivity contribution in [1.82, 2.24) is 25.0 Å². The van der Waals surface area contributed by atoms with E-state index in [9.17, 15) is 4.79 Å². The number of likely N-dealkylation sites (N-methyl/N-ethyl adjacent to an activating group) is 1. The van der Waals surface area contributed by atoms with Crippen molar-refractivity contribution in [2.75, 3.05) is 26.7 Å². The summed E-state index contributed by atoms with van der Waals surface area (Å²) < 4.78 is 7.75. The van der Waals surface area contributed by atoms with Crippen LogP contribution in [0, 0.1) is 0 Å². The zero-order chi connectivity index (χ0) is 17.1. The van der Waals surface area contributed by atoms with Crippen LogP contribution in [-0.2, 0) is 11.8 Å². The predicted octanol–water partition coefficient (Wildman–Crippen LogP) is 1.27. The summed E-state index contributed by atoms with van der Waals surface area (Å²) in [6, 6.07) is 3.61. The van der Waals surface area contributed by atoms with Gasteiger partial charge in [0.05, 0.1) is 35.0 Å². The zero-order valence-corrected chi connectivity index (χ0v) is 14.4. The Hall–Kier alpha value is -1.96. The first-order valence-corrected chi connectivity index (χ1v) is 8.13. The van der Waals surface area contributed by atoms with Crippen molar-refractivity contribution in [2.24, 2.45) is 7.05 Å². The molecule has 8 heteroatoms. The number of pyridine rings is 1. The third-order valence-electron chi connectivity index (χ3n) is 4.25. The highest BCUT2D eigenvalue weighted by Gasteiger charge is 2.33. The molecule has 1 N–H and O–H groups in total. The molecule has 1 aliphatic heterocycles. The number of carbonyl (C=O) groups excluding carboxylic acids is 1. The van der Waals surface area contributed by atoms with Gasteiger partial charge in [0, 0.05) is 38.7 Å². The van der Waals surface area contributed by atoms with Crippen molar-refractivity contribution in [1.29, 1.82) is 0 Å². The summed E-state index contributed by atoms with van der Waals surface area (Å²) in [5.41, 5.74) is 1.46. The smallest absolute Gasteiger partial charge is 0.253 e. The second kappa shape index (κ2) is 7.29. The van der Waals surface area contributed by atoms with Crippen LogP contribution in [0.1, 0.15) is 22.1 Å². The largest absolute Gasteiger partial charge is 0.373 e. The second-order valence-electron chi connectivity index (χ2n) is 5.78. The summed E-state index contributed by atoms with van der Waals surface area (Å²) in [4.78, 5) is 18.4. The van der Waals surface area contributed by atoms with Gasteiger partial charge in [-0.15, -0.1) is 0 Å². The minimum Gasteiger partial charge on any atom is -0.373 e. The summed E-state index contributed by atoms with van der Waals surface area (Å²) in [5.74, 6) is -0.233.